The first-order chi connectivity index (χ1) is 14.9. The van der Waals surface area contributed by atoms with Crippen LogP contribution in [0.1, 0.15) is 15.9 Å². The topological polar surface area (TPSA) is 80.3 Å². The number of carbonyl (C=O) groups excluding carboxylic acids is 2. The molecule has 0 bridgehead atoms. The highest BCUT2D eigenvalue weighted by atomic mass is 16.5. The molecular formula is C23H29N3O5. The predicted molar refractivity (Wildman–Crippen MR) is 119 cm³/mol. The largest absolute Gasteiger partial charge is 0.493 e. The number of hydrogen-bond donors (Lipinski definition) is 1. The number of anilines is 2. The minimum atomic E-state index is -0.444. The summed E-state index contributed by atoms with van der Waals surface area (Å²) in [6, 6.07) is 10.6. The lowest BCUT2D eigenvalue weighted by Gasteiger charge is -2.35. The van der Waals surface area contributed by atoms with E-state index in [0.29, 0.717) is 22.7 Å². The van der Waals surface area contributed by atoms with E-state index in [1.54, 1.807) is 38.5 Å². The molecule has 1 heterocycles. The zero-order chi connectivity index (χ0) is 22.4. The molecule has 2 aromatic rings. The molecular weight excluding hydrogens is 398 g/mol. The van der Waals surface area contributed by atoms with Gasteiger partial charge in [0.25, 0.3) is 0 Å². The van der Waals surface area contributed by atoms with E-state index in [2.05, 4.69) is 22.2 Å². The summed E-state index contributed by atoms with van der Waals surface area (Å²) in [4.78, 5) is 29.3. The maximum atomic E-state index is 12.8. The Morgan fingerprint density at radius 2 is 1.65 bits per heavy atom. The molecule has 0 unspecified atom stereocenters. The van der Waals surface area contributed by atoms with Crippen molar-refractivity contribution in [1.29, 1.82) is 0 Å². The minimum Gasteiger partial charge on any atom is -0.493 e. The molecule has 0 atom stereocenters. The number of piperazine rings is 1. The normalized spacial score (nSPS) is 14.1. The Bertz CT molecular complexity index is 939. The summed E-state index contributed by atoms with van der Waals surface area (Å²) in [6.45, 7) is 3.54. The van der Waals surface area contributed by atoms with Crippen molar-refractivity contribution in [1.82, 2.24) is 4.90 Å². The first kappa shape index (κ1) is 22.4. The van der Waals surface area contributed by atoms with Gasteiger partial charge in [-0.25, -0.2) is 4.79 Å². The number of hydrogen-bond acceptors (Lipinski definition) is 7. The van der Waals surface area contributed by atoms with Crippen LogP contribution in [-0.2, 0) is 16.0 Å². The molecule has 3 rings (SSSR count). The fourth-order valence-electron chi connectivity index (χ4n) is 3.57. The highest BCUT2D eigenvalue weighted by molar-refractivity contribution is 5.99. The lowest BCUT2D eigenvalue weighted by Crippen LogP contribution is -2.44. The van der Waals surface area contributed by atoms with E-state index in [4.69, 9.17) is 14.2 Å². The molecule has 1 amide bonds. The number of benzene rings is 2. The lowest BCUT2D eigenvalue weighted by molar-refractivity contribution is -0.115. The maximum Gasteiger partial charge on any atom is 0.337 e. The fourth-order valence-corrected chi connectivity index (χ4v) is 3.57. The van der Waals surface area contributed by atoms with E-state index in [0.717, 1.165) is 37.4 Å². The Hall–Kier alpha value is -3.26. The number of nitrogens with zero attached hydrogens (tertiary/aromatic N) is 2. The molecule has 8 heteroatoms. The Labute approximate surface area is 182 Å². The van der Waals surface area contributed by atoms with Gasteiger partial charge in [0.1, 0.15) is 0 Å². The molecule has 1 N–H and O–H groups in total. The lowest BCUT2D eigenvalue weighted by atomic mass is 10.1. The predicted octanol–water partition coefficient (Wildman–Crippen LogP) is 2.42. The Balaban J connectivity index is 1.82. The average molecular weight is 428 g/mol. The molecule has 1 saturated heterocycles. The van der Waals surface area contributed by atoms with Crippen LogP contribution in [0.5, 0.6) is 11.5 Å². The van der Waals surface area contributed by atoms with Gasteiger partial charge in [0.15, 0.2) is 11.5 Å². The van der Waals surface area contributed by atoms with Crippen molar-refractivity contribution < 1.29 is 23.8 Å². The standard InChI is InChI=1S/C23H29N3O5/c1-25-9-11-26(12-10-25)19-7-6-17(23(28)31-4)15-18(19)24-22(27)14-16-5-8-20(29-2)21(13-16)30-3/h5-8,13,15H,9-12,14H2,1-4H3,(H,24,27). The van der Waals surface area contributed by atoms with Gasteiger partial charge in [-0.2, -0.15) is 0 Å². The smallest absolute Gasteiger partial charge is 0.337 e. The highest BCUT2D eigenvalue weighted by Gasteiger charge is 2.20. The fraction of sp³-hybridized carbons (Fsp3) is 0.391. The van der Waals surface area contributed by atoms with Crippen molar-refractivity contribution in [3.8, 4) is 11.5 Å². The number of amides is 1. The Morgan fingerprint density at radius 3 is 2.29 bits per heavy atom. The van der Waals surface area contributed by atoms with Crippen LogP contribution in [0.15, 0.2) is 36.4 Å². The molecule has 8 nitrogen and oxygen atoms in total. The third-order valence-electron chi connectivity index (χ3n) is 5.35. The number of rotatable bonds is 7. The second kappa shape index (κ2) is 10.2. The van der Waals surface area contributed by atoms with Crippen LogP contribution < -0.4 is 19.7 Å². The molecule has 166 valence electrons. The van der Waals surface area contributed by atoms with Crippen LogP contribution in [0.25, 0.3) is 0 Å². The zero-order valence-electron chi connectivity index (χ0n) is 18.4. The second-order valence-electron chi connectivity index (χ2n) is 7.43. The quantitative estimate of drug-likeness (QED) is 0.680. The molecule has 2 aromatic carbocycles. The van der Waals surface area contributed by atoms with Crippen molar-refractivity contribution in [3.05, 3.63) is 47.5 Å². The molecule has 0 radical (unpaired) electrons. The molecule has 1 fully saturated rings. The monoisotopic (exact) mass is 427 g/mol. The van der Waals surface area contributed by atoms with Crippen LogP contribution in [0.3, 0.4) is 0 Å². The van der Waals surface area contributed by atoms with Gasteiger partial charge >= 0.3 is 5.97 Å². The van der Waals surface area contributed by atoms with E-state index >= 15 is 0 Å². The molecule has 1 aliphatic rings. The minimum absolute atomic E-state index is 0.158. The summed E-state index contributed by atoms with van der Waals surface area (Å²) in [5.41, 5.74) is 2.67. The highest BCUT2D eigenvalue weighted by Crippen LogP contribution is 2.30. The maximum absolute atomic E-state index is 12.8. The first-order valence-corrected chi connectivity index (χ1v) is 10.1. The molecule has 0 saturated carbocycles. The van der Waals surface area contributed by atoms with E-state index in [-0.39, 0.29) is 12.3 Å². The van der Waals surface area contributed by atoms with Gasteiger partial charge in [-0.05, 0) is 42.9 Å². The van der Waals surface area contributed by atoms with Gasteiger partial charge in [-0.1, -0.05) is 6.07 Å². The molecule has 0 aromatic heterocycles. The second-order valence-corrected chi connectivity index (χ2v) is 7.43. The van der Waals surface area contributed by atoms with Crippen LogP contribution in [0.2, 0.25) is 0 Å². The van der Waals surface area contributed by atoms with Gasteiger partial charge in [0.2, 0.25) is 5.91 Å². The van der Waals surface area contributed by atoms with Gasteiger partial charge in [-0.3, -0.25) is 4.79 Å². The summed E-state index contributed by atoms with van der Waals surface area (Å²) in [6.07, 6.45) is 0.158. The van der Waals surface area contributed by atoms with E-state index < -0.39 is 5.97 Å². The van der Waals surface area contributed by atoms with Crippen LogP contribution in [-0.4, -0.2) is 71.3 Å². The molecule has 0 aliphatic carbocycles. The first-order valence-electron chi connectivity index (χ1n) is 10.1. The average Bonchev–Trinajstić information content (AvgIpc) is 2.79. The third kappa shape index (κ3) is 5.46. The van der Waals surface area contributed by atoms with Crippen LogP contribution in [0, 0.1) is 0 Å². The number of likely N-dealkylation sites (N-methyl/N-ethyl adjacent to an activating group) is 1. The summed E-state index contributed by atoms with van der Waals surface area (Å²) in [7, 11) is 6.55. The van der Waals surface area contributed by atoms with E-state index in [1.807, 2.05) is 12.1 Å². The summed E-state index contributed by atoms with van der Waals surface area (Å²) >= 11 is 0. The number of ether oxygens (including phenoxy) is 3. The number of methoxy groups -OCH3 is 3. The molecule has 31 heavy (non-hydrogen) atoms. The van der Waals surface area contributed by atoms with E-state index in [1.165, 1.54) is 7.11 Å². The Kier molecular flexibility index (Phi) is 7.36. The van der Waals surface area contributed by atoms with Gasteiger partial charge < -0.3 is 29.3 Å². The van der Waals surface area contributed by atoms with Gasteiger partial charge in [-0.15, -0.1) is 0 Å². The summed E-state index contributed by atoms with van der Waals surface area (Å²) in [5.74, 6) is 0.540. The Morgan fingerprint density at radius 1 is 0.935 bits per heavy atom. The summed E-state index contributed by atoms with van der Waals surface area (Å²) in [5, 5.41) is 2.98. The number of esters is 1. The van der Waals surface area contributed by atoms with Crippen molar-refractivity contribution >= 4 is 23.3 Å². The number of nitrogens with one attached hydrogen (secondary N) is 1. The molecule has 0 spiro atoms. The SMILES string of the molecule is COC(=O)c1ccc(N2CCN(C)CC2)c(NC(=O)Cc2ccc(OC)c(OC)c2)c1. The molecule has 1 aliphatic heterocycles. The third-order valence-corrected chi connectivity index (χ3v) is 5.35. The van der Waals surface area contributed by atoms with Gasteiger partial charge in [0, 0.05) is 26.2 Å². The number of carbonyl (C=O) groups is 2. The van der Waals surface area contributed by atoms with Crippen molar-refractivity contribution in [3.63, 3.8) is 0 Å². The van der Waals surface area contributed by atoms with Crippen molar-refractivity contribution in [2.45, 2.75) is 6.42 Å². The van der Waals surface area contributed by atoms with Crippen molar-refractivity contribution in [2.24, 2.45) is 0 Å². The van der Waals surface area contributed by atoms with Gasteiger partial charge in [0.05, 0.1) is 44.7 Å². The van der Waals surface area contributed by atoms with Crippen molar-refractivity contribution in [2.75, 3.05) is 64.8 Å². The van der Waals surface area contributed by atoms with Crippen LogP contribution in [0.4, 0.5) is 11.4 Å². The van der Waals surface area contributed by atoms with Crippen LogP contribution >= 0.6 is 0 Å². The van der Waals surface area contributed by atoms with E-state index in [9.17, 15) is 9.59 Å². The summed E-state index contributed by atoms with van der Waals surface area (Å²) < 4.78 is 15.4. The zero-order valence-corrected chi connectivity index (χ0v) is 18.4.